The van der Waals surface area contributed by atoms with Crippen molar-refractivity contribution in [2.24, 2.45) is 0 Å². The molecule has 1 atom stereocenters. The number of carboxylic acid groups (broad SMARTS) is 1. The van der Waals surface area contributed by atoms with Crippen LogP contribution in [0.15, 0.2) is 24.9 Å². The Bertz CT molecular complexity index is 535. The summed E-state index contributed by atoms with van der Waals surface area (Å²) in [5.74, 6) is -1.65. The lowest BCUT2D eigenvalue weighted by Crippen LogP contribution is -2.44. The Morgan fingerprint density at radius 3 is 2.91 bits per heavy atom. The molecule has 2 N–H and O–H groups in total. The first-order chi connectivity index (χ1) is 10.6. The number of carboxylic acids is 1. The lowest BCUT2D eigenvalue weighted by Gasteiger charge is -2.13. The van der Waals surface area contributed by atoms with Gasteiger partial charge in [0.1, 0.15) is 5.69 Å². The Morgan fingerprint density at radius 2 is 2.27 bits per heavy atom. The highest BCUT2D eigenvalue weighted by Gasteiger charge is 2.23. The van der Waals surface area contributed by atoms with Gasteiger partial charge in [-0.3, -0.25) is 9.48 Å². The minimum absolute atomic E-state index is 0.115. The Labute approximate surface area is 129 Å². The molecule has 1 aromatic heterocycles. The summed E-state index contributed by atoms with van der Waals surface area (Å²) < 4.78 is 6.89. The van der Waals surface area contributed by atoms with Crippen molar-refractivity contribution in [1.82, 2.24) is 15.1 Å². The van der Waals surface area contributed by atoms with Gasteiger partial charge in [0.25, 0.3) is 5.91 Å². The normalized spacial score (nSPS) is 16.4. The second-order valence-corrected chi connectivity index (χ2v) is 5.31. The second kappa shape index (κ2) is 7.74. The largest absolute Gasteiger partial charge is 0.480 e. The van der Waals surface area contributed by atoms with Gasteiger partial charge in [-0.1, -0.05) is 18.9 Å². The summed E-state index contributed by atoms with van der Waals surface area (Å²) >= 11 is 0. The van der Waals surface area contributed by atoms with E-state index in [2.05, 4.69) is 17.0 Å². The van der Waals surface area contributed by atoms with Gasteiger partial charge in [-0.25, -0.2) is 4.79 Å². The summed E-state index contributed by atoms with van der Waals surface area (Å²) in [7, 11) is 0. The molecular formula is C15H21N3O4. The van der Waals surface area contributed by atoms with E-state index in [0.717, 1.165) is 12.8 Å². The Balaban J connectivity index is 1.94. The van der Waals surface area contributed by atoms with Crippen molar-refractivity contribution in [3.8, 4) is 0 Å². The molecule has 0 bridgehead atoms. The number of carbonyl (C=O) groups is 2. The number of aromatic nitrogens is 2. The molecule has 0 spiro atoms. The van der Waals surface area contributed by atoms with E-state index in [0.29, 0.717) is 6.04 Å². The maximum atomic E-state index is 12.1. The zero-order valence-corrected chi connectivity index (χ0v) is 12.4. The number of aliphatic carboxylic acids is 1. The van der Waals surface area contributed by atoms with Crippen molar-refractivity contribution < 1.29 is 19.4 Å². The molecule has 22 heavy (non-hydrogen) atoms. The van der Waals surface area contributed by atoms with Gasteiger partial charge in [0.05, 0.1) is 19.3 Å². The molecule has 0 aliphatic heterocycles. The molecule has 1 saturated carbocycles. The first-order valence-corrected chi connectivity index (χ1v) is 7.39. The molecule has 1 fully saturated rings. The quantitative estimate of drug-likeness (QED) is 0.559. The van der Waals surface area contributed by atoms with Crippen molar-refractivity contribution in [1.29, 1.82) is 0 Å². The fraction of sp³-hybridized carbons (Fsp3) is 0.533. The topological polar surface area (TPSA) is 93.5 Å². The summed E-state index contributed by atoms with van der Waals surface area (Å²) in [5, 5.41) is 15.8. The number of carbonyl (C=O) groups excluding carboxylic acids is 1. The third-order valence-corrected chi connectivity index (χ3v) is 3.66. The van der Waals surface area contributed by atoms with Crippen LogP contribution in [0.4, 0.5) is 0 Å². The SMILES string of the molecule is C=CCOCC(NC(=O)c1ccn(C2CCCC2)n1)C(=O)O. The zero-order valence-electron chi connectivity index (χ0n) is 12.4. The number of amides is 1. The predicted octanol–water partition coefficient (Wildman–Crippen LogP) is 1.38. The fourth-order valence-corrected chi connectivity index (χ4v) is 2.51. The van der Waals surface area contributed by atoms with Gasteiger partial charge in [-0.05, 0) is 18.9 Å². The molecule has 2 rings (SSSR count). The molecule has 1 heterocycles. The smallest absolute Gasteiger partial charge is 0.328 e. The highest BCUT2D eigenvalue weighted by atomic mass is 16.5. The van der Waals surface area contributed by atoms with Gasteiger partial charge >= 0.3 is 5.97 Å². The van der Waals surface area contributed by atoms with E-state index in [1.54, 1.807) is 16.9 Å². The number of hydrogen-bond donors (Lipinski definition) is 2. The number of ether oxygens (including phenoxy) is 1. The van der Waals surface area contributed by atoms with Crippen LogP contribution in [-0.2, 0) is 9.53 Å². The summed E-state index contributed by atoms with van der Waals surface area (Å²) in [6.45, 7) is 3.60. The molecule has 1 amide bonds. The Hall–Kier alpha value is -2.15. The number of hydrogen-bond acceptors (Lipinski definition) is 4. The maximum Gasteiger partial charge on any atom is 0.328 e. The third-order valence-electron chi connectivity index (χ3n) is 3.66. The van der Waals surface area contributed by atoms with E-state index >= 15 is 0 Å². The summed E-state index contributed by atoms with van der Waals surface area (Å²) in [4.78, 5) is 23.2. The van der Waals surface area contributed by atoms with Gasteiger partial charge in [0, 0.05) is 6.20 Å². The molecule has 120 valence electrons. The minimum Gasteiger partial charge on any atom is -0.480 e. The van der Waals surface area contributed by atoms with Crippen LogP contribution in [0.25, 0.3) is 0 Å². The molecule has 0 radical (unpaired) electrons. The molecule has 7 heteroatoms. The standard InChI is InChI=1S/C15H21N3O4/c1-2-9-22-10-13(15(20)21)16-14(19)12-7-8-18(17-12)11-5-3-4-6-11/h2,7-8,11,13H,1,3-6,9-10H2,(H,16,19)(H,20,21). The van der Waals surface area contributed by atoms with Crippen molar-refractivity contribution in [3.05, 3.63) is 30.6 Å². The van der Waals surface area contributed by atoms with Crippen LogP contribution in [0.2, 0.25) is 0 Å². The van der Waals surface area contributed by atoms with E-state index < -0.39 is 17.9 Å². The minimum atomic E-state index is -1.15. The summed E-state index contributed by atoms with van der Waals surface area (Å²) in [6, 6.07) is 0.841. The average molecular weight is 307 g/mol. The zero-order chi connectivity index (χ0) is 15.9. The van der Waals surface area contributed by atoms with Crippen LogP contribution < -0.4 is 5.32 Å². The molecule has 1 aliphatic rings. The monoisotopic (exact) mass is 307 g/mol. The van der Waals surface area contributed by atoms with Crippen LogP contribution in [0.1, 0.15) is 42.2 Å². The van der Waals surface area contributed by atoms with Crippen LogP contribution in [0.5, 0.6) is 0 Å². The highest BCUT2D eigenvalue weighted by Crippen LogP contribution is 2.28. The first-order valence-electron chi connectivity index (χ1n) is 7.39. The first kappa shape index (κ1) is 16.2. The Kier molecular flexibility index (Phi) is 5.71. The number of rotatable bonds is 8. The van der Waals surface area contributed by atoms with Crippen LogP contribution >= 0.6 is 0 Å². The molecule has 0 saturated heterocycles. The van der Waals surface area contributed by atoms with Gasteiger partial charge in [0.15, 0.2) is 6.04 Å². The lowest BCUT2D eigenvalue weighted by molar-refractivity contribution is -0.140. The molecule has 0 aromatic carbocycles. The lowest BCUT2D eigenvalue weighted by atomic mass is 10.3. The van der Waals surface area contributed by atoms with E-state index in [1.807, 2.05) is 0 Å². The van der Waals surface area contributed by atoms with Crippen molar-refractivity contribution in [2.45, 2.75) is 37.8 Å². The maximum absolute atomic E-state index is 12.1. The Morgan fingerprint density at radius 1 is 1.55 bits per heavy atom. The van der Waals surface area contributed by atoms with E-state index in [4.69, 9.17) is 9.84 Å². The van der Waals surface area contributed by atoms with E-state index in [1.165, 1.54) is 18.9 Å². The van der Waals surface area contributed by atoms with Gasteiger partial charge < -0.3 is 15.2 Å². The van der Waals surface area contributed by atoms with Crippen LogP contribution in [-0.4, -0.2) is 46.0 Å². The van der Waals surface area contributed by atoms with Crippen molar-refractivity contribution in [2.75, 3.05) is 13.2 Å². The predicted molar refractivity (Wildman–Crippen MR) is 79.6 cm³/mol. The number of nitrogens with zero attached hydrogens (tertiary/aromatic N) is 2. The molecule has 7 nitrogen and oxygen atoms in total. The van der Waals surface area contributed by atoms with Crippen LogP contribution in [0.3, 0.4) is 0 Å². The van der Waals surface area contributed by atoms with Gasteiger partial charge in [-0.15, -0.1) is 6.58 Å². The van der Waals surface area contributed by atoms with E-state index in [9.17, 15) is 9.59 Å². The highest BCUT2D eigenvalue weighted by molar-refractivity contribution is 5.94. The molecular weight excluding hydrogens is 286 g/mol. The third kappa shape index (κ3) is 4.17. The molecule has 1 aliphatic carbocycles. The molecule has 1 unspecified atom stereocenters. The van der Waals surface area contributed by atoms with Crippen LogP contribution in [0, 0.1) is 0 Å². The van der Waals surface area contributed by atoms with Gasteiger partial charge in [-0.2, -0.15) is 5.10 Å². The summed E-state index contributed by atoms with van der Waals surface area (Å²) in [5.41, 5.74) is 0.224. The fourth-order valence-electron chi connectivity index (χ4n) is 2.51. The van der Waals surface area contributed by atoms with Crippen molar-refractivity contribution >= 4 is 11.9 Å². The van der Waals surface area contributed by atoms with Crippen molar-refractivity contribution in [3.63, 3.8) is 0 Å². The second-order valence-electron chi connectivity index (χ2n) is 5.31. The molecule has 1 aromatic rings. The number of nitrogens with one attached hydrogen (secondary N) is 1. The summed E-state index contributed by atoms with van der Waals surface area (Å²) in [6.07, 6.45) is 7.77. The van der Waals surface area contributed by atoms with Gasteiger partial charge in [0.2, 0.25) is 0 Å². The van der Waals surface area contributed by atoms with E-state index in [-0.39, 0.29) is 18.9 Å². The average Bonchev–Trinajstić information content (AvgIpc) is 3.16.